The Hall–Kier alpha value is -3.62. The van der Waals surface area contributed by atoms with Crippen molar-refractivity contribution in [1.29, 1.82) is 0 Å². The predicted molar refractivity (Wildman–Crippen MR) is 110 cm³/mol. The van der Waals surface area contributed by atoms with Gasteiger partial charge in [-0.1, -0.05) is 0 Å². The van der Waals surface area contributed by atoms with E-state index in [1.165, 1.54) is 0 Å². The Bertz CT molecular complexity index is 942. The molecule has 2 N–H and O–H groups in total. The molecule has 0 saturated carbocycles. The molecule has 0 spiro atoms. The van der Waals surface area contributed by atoms with Crippen LogP contribution in [0.1, 0.15) is 6.42 Å². The molecule has 0 radical (unpaired) electrons. The Kier molecular flexibility index (Phi) is 5.51. The third-order valence-corrected chi connectivity index (χ3v) is 5.03. The second kappa shape index (κ2) is 8.40. The summed E-state index contributed by atoms with van der Waals surface area (Å²) >= 11 is 0. The van der Waals surface area contributed by atoms with Crippen molar-refractivity contribution in [3.05, 3.63) is 36.4 Å². The number of hydrogen-bond donors (Lipinski definition) is 2. The number of anilines is 2. The number of benzene rings is 2. The van der Waals surface area contributed by atoms with E-state index in [-0.39, 0.29) is 24.6 Å². The minimum atomic E-state index is -0.362. The second-order valence-electron chi connectivity index (χ2n) is 7.05. The van der Waals surface area contributed by atoms with Crippen LogP contribution in [0.3, 0.4) is 0 Å². The van der Waals surface area contributed by atoms with Crippen LogP contribution in [0.25, 0.3) is 0 Å². The van der Waals surface area contributed by atoms with Gasteiger partial charge in [0.05, 0.1) is 14.2 Å². The van der Waals surface area contributed by atoms with Crippen molar-refractivity contribution in [2.45, 2.75) is 6.42 Å². The summed E-state index contributed by atoms with van der Waals surface area (Å²) in [5, 5.41) is 5.59. The summed E-state index contributed by atoms with van der Waals surface area (Å²) in [7, 11) is 3.09. The Labute approximate surface area is 173 Å². The molecule has 0 aliphatic carbocycles. The smallest absolute Gasteiger partial charge is 0.319 e. The summed E-state index contributed by atoms with van der Waals surface area (Å²) in [6.07, 6.45) is 0.363. The van der Waals surface area contributed by atoms with Crippen LogP contribution in [-0.4, -0.2) is 46.0 Å². The highest BCUT2D eigenvalue weighted by Crippen LogP contribution is 2.37. The lowest BCUT2D eigenvalue weighted by Gasteiger charge is -2.17. The first-order valence-electron chi connectivity index (χ1n) is 9.53. The van der Waals surface area contributed by atoms with Crippen LogP contribution in [0, 0.1) is 5.92 Å². The van der Waals surface area contributed by atoms with Crippen molar-refractivity contribution in [3.8, 4) is 23.0 Å². The molecule has 1 atom stereocenters. The van der Waals surface area contributed by atoms with Gasteiger partial charge in [-0.3, -0.25) is 4.79 Å². The van der Waals surface area contributed by atoms with Crippen molar-refractivity contribution in [2.24, 2.45) is 5.92 Å². The molecule has 2 aliphatic rings. The maximum absolute atomic E-state index is 12.5. The molecule has 30 heavy (non-hydrogen) atoms. The summed E-state index contributed by atoms with van der Waals surface area (Å²) in [6, 6.07) is 10.2. The number of methoxy groups -OCH3 is 2. The van der Waals surface area contributed by atoms with Crippen molar-refractivity contribution in [3.63, 3.8) is 0 Å². The normalized spacial score (nSPS) is 17.1. The predicted octanol–water partition coefficient (Wildman–Crippen LogP) is 2.61. The topological polar surface area (TPSA) is 98.4 Å². The number of nitrogens with zero attached hydrogens (tertiary/aromatic N) is 1. The number of ether oxygens (including phenoxy) is 4. The molecule has 2 aromatic rings. The number of fused-ring (bicyclic) bond motifs is 1. The fraction of sp³-hybridized carbons (Fsp3) is 0.333. The van der Waals surface area contributed by atoms with E-state index in [1.54, 1.807) is 49.5 Å². The molecule has 158 valence electrons. The zero-order valence-electron chi connectivity index (χ0n) is 16.8. The molecule has 2 heterocycles. The average molecular weight is 413 g/mol. The number of urea groups is 1. The van der Waals surface area contributed by atoms with Crippen LogP contribution in [0.2, 0.25) is 0 Å². The number of hydrogen-bond acceptors (Lipinski definition) is 6. The lowest BCUT2D eigenvalue weighted by Crippen LogP contribution is -2.34. The Morgan fingerprint density at radius 1 is 1.10 bits per heavy atom. The van der Waals surface area contributed by atoms with Crippen molar-refractivity contribution < 1.29 is 28.5 Å². The molecule has 0 aromatic heterocycles. The van der Waals surface area contributed by atoms with Crippen LogP contribution in [0.5, 0.6) is 23.0 Å². The van der Waals surface area contributed by atoms with E-state index in [9.17, 15) is 9.59 Å². The minimum Gasteiger partial charge on any atom is -0.497 e. The van der Waals surface area contributed by atoms with Gasteiger partial charge in [0.1, 0.15) is 11.5 Å². The molecule has 1 fully saturated rings. The first kappa shape index (κ1) is 19.7. The van der Waals surface area contributed by atoms with Crippen LogP contribution in [-0.2, 0) is 4.79 Å². The van der Waals surface area contributed by atoms with Gasteiger partial charge in [-0.25, -0.2) is 4.79 Å². The Morgan fingerprint density at radius 3 is 2.57 bits per heavy atom. The fourth-order valence-electron chi connectivity index (χ4n) is 3.51. The quantitative estimate of drug-likeness (QED) is 0.756. The number of carbonyl (C=O) groups excluding carboxylic acids is 2. The molecule has 0 bridgehead atoms. The Balaban J connectivity index is 1.32. The molecular weight excluding hydrogens is 390 g/mol. The first-order valence-corrected chi connectivity index (χ1v) is 9.53. The third-order valence-electron chi connectivity index (χ3n) is 5.03. The molecule has 2 aliphatic heterocycles. The van der Waals surface area contributed by atoms with Crippen molar-refractivity contribution in [1.82, 2.24) is 5.32 Å². The molecule has 2 aromatic carbocycles. The molecule has 3 amide bonds. The van der Waals surface area contributed by atoms with Crippen LogP contribution in [0.4, 0.5) is 16.2 Å². The fourth-order valence-corrected chi connectivity index (χ4v) is 3.51. The average Bonchev–Trinajstić information content (AvgIpc) is 3.37. The van der Waals surface area contributed by atoms with Gasteiger partial charge in [0.25, 0.3) is 0 Å². The maximum Gasteiger partial charge on any atom is 0.319 e. The first-order chi connectivity index (χ1) is 14.6. The maximum atomic E-state index is 12.5. The zero-order chi connectivity index (χ0) is 21.1. The molecule has 1 saturated heterocycles. The number of nitrogens with one attached hydrogen (secondary N) is 2. The molecular formula is C21H23N3O6. The van der Waals surface area contributed by atoms with Crippen LogP contribution in [0.15, 0.2) is 36.4 Å². The van der Waals surface area contributed by atoms with Crippen LogP contribution < -0.4 is 34.5 Å². The van der Waals surface area contributed by atoms with Gasteiger partial charge in [0.15, 0.2) is 11.5 Å². The number of amides is 3. The lowest BCUT2D eigenvalue weighted by atomic mass is 10.1. The van der Waals surface area contributed by atoms with Gasteiger partial charge in [-0.15, -0.1) is 0 Å². The van der Waals surface area contributed by atoms with Gasteiger partial charge in [0, 0.05) is 61.1 Å². The second-order valence-corrected chi connectivity index (χ2v) is 7.05. The standard InChI is InChI=1S/C21H23N3O6/c1-27-16-6-14(7-17(9-16)28-2)23-21(26)22-10-13-5-20(25)24(11-13)15-3-4-18-19(8-15)30-12-29-18/h3-4,6-9,13H,5,10-12H2,1-2H3,(H2,22,23,26). The monoisotopic (exact) mass is 413 g/mol. The van der Waals surface area contributed by atoms with E-state index in [0.29, 0.717) is 48.2 Å². The van der Waals surface area contributed by atoms with E-state index in [1.807, 2.05) is 6.07 Å². The zero-order valence-corrected chi connectivity index (χ0v) is 16.8. The lowest BCUT2D eigenvalue weighted by molar-refractivity contribution is -0.117. The van der Waals surface area contributed by atoms with Crippen LogP contribution >= 0.6 is 0 Å². The van der Waals surface area contributed by atoms with E-state index in [2.05, 4.69) is 10.6 Å². The summed E-state index contributed by atoms with van der Waals surface area (Å²) < 4.78 is 21.1. The van der Waals surface area contributed by atoms with Gasteiger partial charge in [-0.2, -0.15) is 0 Å². The van der Waals surface area contributed by atoms with Gasteiger partial charge in [0.2, 0.25) is 12.7 Å². The van der Waals surface area contributed by atoms with E-state index >= 15 is 0 Å². The molecule has 1 unspecified atom stereocenters. The van der Waals surface area contributed by atoms with Crippen molar-refractivity contribution >= 4 is 23.3 Å². The number of carbonyl (C=O) groups is 2. The highest BCUT2D eigenvalue weighted by atomic mass is 16.7. The molecule has 4 rings (SSSR count). The minimum absolute atomic E-state index is 0.00789. The Morgan fingerprint density at radius 2 is 1.83 bits per heavy atom. The van der Waals surface area contributed by atoms with Crippen molar-refractivity contribution in [2.75, 3.05) is 44.3 Å². The SMILES string of the molecule is COc1cc(NC(=O)NCC2CC(=O)N(c3ccc4c(c3)OCO4)C2)cc(OC)c1. The highest BCUT2D eigenvalue weighted by Gasteiger charge is 2.31. The van der Waals surface area contributed by atoms with Gasteiger partial charge in [-0.05, 0) is 12.1 Å². The largest absolute Gasteiger partial charge is 0.497 e. The summed E-state index contributed by atoms with van der Waals surface area (Å²) in [6.45, 7) is 1.08. The number of rotatable bonds is 6. The molecule has 9 nitrogen and oxygen atoms in total. The molecule has 9 heteroatoms. The van der Waals surface area contributed by atoms with E-state index in [0.717, 1.165) is 5.69 Å². The highest BCUT2D eigenvalue weighted by molar-refractivity contribution is 5.96. The van der Waals surface area contributed by atoms with Gasteiger partial charge < -0.3 is 34.5 Å². The summed E-state index contributed by atoms with van der Waals surface area (Å²) in [5.41, 5.74) is 1.31. The third kappa shape index (κ3) is 4.19. The summed E-state index contributed by atoms with van der Waals surface area (Å²) in [4.78, 5) is 26.5. The van der Waals surface area contributed by atoms with E-state index in [4.69, 9.17) is 18.9 Å². The van der Waals surface area contributed by atoms with Gasteiger partial charge >= 0.3 is 6.03 Å². The summed E-state index contributed by atoms with van der Waals surface area (Å²) in [5.74, 6) is 2.48. The van der Waals surface area contributed by atoms with E-state index < -0.39 is 0 Å².